The minimum atomic E-state index is -0.904. The van der Waals surface area contributed by atoms with Crippen LogP contribution in [0.25, 0.3) is 11.0 Å². The van der Waals surface area contributed by atoms with Gasteiger partial charge >= 0.3 is 5.97 Å². The summed E-state index contributed by atoms with van der Waals surface area (Å²) in [5.41, 5.74) is 2.89. The lowest BCUT2D eigenvalue weighted by molar-refractivity contribution is -0.137. The van der Waals surface area contributed by atoms with E-state index in [4.69, 9.17) is 9.84 Å². The van der Waals surface area contributed by atoms with Gasteiger partial charge in [0.1, 0.15) is 5.25 Å². The van der Waals surface area contributed by atoms with Crippen LogP contribution in [0.4, 0.5) is 0 Å². The van der Waals surface area contributed by atoms with E-state index in [1.807, 2.05) is 25.1 Å². The first-order chi connectivity index (χ1) is 8.60. The maximum absolute atomic E-state index is 11.0. The Kier molecular flexibility index (Phi) is 3.88. The molecule has 1 aromatic heterocycles. The highest BCUT2D eigenvalue weighted by molar-refractivity contribution is 8.00. The summed E-state index contributed by atoms with van der Waals surface area (Å²) in [7, 11) is 1.48. The van der Waals surface area contributed by atoms with Crippen LogP contribution >= 0.6 is 11.8 Å². The van der Waals surface area contributed by atoms with E-state index >= 15 is 0 Å². The van der Waals surface area contributed by atoms with Gasteiger partial charge in [0, 0.05) is 7.11 Å². The zero-order valence-electron chi connectivity index (χ0n) is 10.1. The minimum absolute atomic E-state index is 0.149. The van der Waals surface area contributed by atoms with Gasteiger partial charge in [-0.05, 0) is 24.6 Å². The number of carboxylic acid groups (broad SMARTS) is 1. The smallest absolute Gasteiger partial charge is 0.319 e. The monoisotopic (exact) mass is 266 g/mol. The molecule has 1 atom stereocenters. The Bertz CT molecular complexity index is 567. The van der Waals surface area contributed by atoms with E-state index in [0.29, 0.717) is 5.16 Å². The van der Waals surface area contributed by atoms with Gasteiger partial charge in [-0.3, -0.25) is 4.79 Å². The number of aromatic nitrogens is 2. The summed E-state index contributed by atoms with van der Waals surface area (Å²) in [6, 6.07) is 5.87. The fourth-order valence-electron chi connectivity index (χ4n) is 1.60. The first-order valence-electron chi connectivity index (χ1n) is 5.45. The highest BCUT2D eigenvalue weighted by Gasteiger charge is 2.20. The first kappa shape index (κ1) is 12.9. The Hall–Kier alpha value is -1.53. The van der Waals surface area contributed by atoms with Crippen LogP contribution in [-0.4, -0.2) is 40.0 Å². The number of aryl methyl sites for hydroxylation is 1. The summed E-state index contributed by atoms with van der Waals surface area (Å²) in [5, 5.41) is 8.98. The number of H-pyrrole nitrogens is 1. The zero-order chi connectivity index (χ0) is 13.1. The second-order valence-corrected chi connectivity index (χ2v) is 5.15. The normalized spacial score (nSPS) is 12.8. The number of aromatic amines is 1. The van der Waals surface area contributed by atoms with Crippen molar-refractivity contribution in [2.45, 2.75) is 17.3 Å². The number of aliphatic carboxylic acids is 1. The lowest BCUT2D eigenvalue weighted by atomic mass is 10.2. The molecule has 0 bridgehead atoms. The number of benzene rings is 1. The summed E-state index contributed by atoms with van der Waals surface area (Å²) < 4.78 is 4.89. The summed E-state index contributed by atoms with van der Waals surface area (Å²) in [4.78, 5) is 18.5. The lowest BCUT2D eigenvalue weighted by Gasteiger charge is -2.07. The molecule has 1 unspecified atom stereocenters. The van der Waals surface area contributed by atoms with Crippen molar-refractivity contribution < 1.29 is 14.6 Å². The average molecular weight is 266 g/mol. The van der Waals surface area contributed by atoms with E-state index in [1.165, 1.54) is 7.11 Å². The fourth-order valence-corrected chi connectivity index (χ4v) is 2.49. The van der Waals surface area contributed by atoms with Crippen LogP contribution in [0.1, 0.15) is 5.56 Å². The standard InChI is InChI=1S/C12H14N2O3S/c1-7-3-4-8-9(5-7)14-12(13-8)18-10(6-17-2)11(15)16/h3-5,10H,6H2,1-2H3,(H,13,14)(H,15,16). The van der Waals surface area contributed by atoms with Gasteiger partial charge in [-0.15, -0.1) is 0 Å². The molecule has 0 aliphatic carbocycles. The number of rotatable bonds is 5. The van der Waals surface area contributed by atoms with Crippen LogP contribution in [0.2, 0.25) is 0 Å². The maximum Gasteiger partial charge on any atom is 0.319 e. The quantitative estimate of drug-likeness (QED) is 0.810. The van der Waals surface area contributed by atoms with E-state index in [9.17, 15) is 4.79 Å². The third kappa shape index (κ3) is 2.83. The van der Waals surface area contributed by atoms with Gasteiger partial charge < -0.3 is 14.8 Å². The van der Waals surface area contributed by atoms with E-state index in [0.717, 1.165) is 28.4 Å². The molecule has 0 saturated heterocycles. The molecule has 0 amide bonds. The molecule has 0 fully saturated rings. The largest absolute Gasteiger partial charge is 0.480 e. The number of ether oxygens (including phenoxy) is 1. The predicted octanol–water partition coefficient (Wildman–Crippen LogP) is 2.06. The van der Waals surface area contributed by atoms with Crippen molar-refractivity contribution in [3.63, 3.8) is 0 Å². The van der Waals surface area contributed by atoms with E-state index in [2.05, 4.69) is 9.97 Å². The molecule has 2 N–H and O–H groups in total. The Morgan fingerprint density at radius 2 is 2.39 bits per heavy atom. The van der Waals surface area contributed by atoms with Crippen molar-refractivity contribution in [3.05, 3.63) is 23.8 Å². The van der Waals surface area contributed by atoms with Crippen LogP contribution < -0.4 is 0 Å². The Morgan fingerprint density at radius 1 is 1.61 bits per heavy atom. The highest BCUT2D eigenvalue weighted by Crippen LogP contribution is 2.24. The molecule has 0 radical (unpaired) electrons. The number of hydrogen-bond donors (Lipinski definition) is 2. The molecule has 0 saturated carbocycles. The molecule has 5 nitrogen and oxygen atoms in total. The molecule has 2 rings (SSSR count). The van der Waals surface area contributed by atoms with Crippen molar-refractivity contribution in [1.29, 1.82) is 0 Å². The number of methoxy groups -OCH3 is 1. The summed E-state index contributed by atoms with van der Waals surface area (Å²) in [6.07, 6.45) is 0. The molecule has 6 heteroatoms. The lowest BCUT2D eigenvalue weighted by Crippen LogP contribution is -2.21. The highest BCUT2D eigenvalue weighted by atomic mass is 32.2. The molecular formula is C12H14N2O3S. The third-order valence-electron chi connectivity index (χ3n) is 2.46. The van der Waals surface area contributed by atoms with Gasteiger partial charge in [0.25, 0.3) is 0 Å². The molecule has 18 heavy (non-hydrogen) atoms. The van der Waals surface area contributed by atoms with Crippen LogP contribution in [0.3, 0.4) is 0 Å². The fraction of sp³-hybridized carbons (Fsp3) is 0.333. The molecule has 96 valence electrons. The van der Waals surface area contributed by atoms with Gasteiger partial charge in [0.15, 0.2) is 5.16 Å². The number of fused-ring (bicyclic) bond motifs is 1. The summed E-state index contributed by atoms with van der Waals surface area (Å²) >= 11 is 1.16. The van der Waals surface area contributed by atoms with Gasteiger partial charge in [-0.1, -0.05) is 17.8 Å². The van der Waals surface area contributed by atoms with Crippen LogP contribution in [0.15, 0.2) is 23.4 Å². The van der Waals surface area contributed by atoms with E-state index in [-0.39, 0.29) is 6.61 Å². The second kappa shape index (κ2) is 5.41. The van der Waals surface area contributed by atoms with Gasteiger partial charge in [-0.2, -0.15) is 0 Å². The number of hydrogen-bond acceptors (Lipinski definition) is 4. The topological polar surface area (TPSA) is 75.2 Å². The van der Waals surface area contributed by atoms with Gasteiger partial charge in [-0.25, -0.2) is 4.98 Å². The average Bonchev–Trinajstić information content (AvgIpc) is 2.69. The molecular weight excluding hydrogens is 252 g/mol. The number of nitrogens with zero attached hydrogens (tertiary/aromatic N) is 1. The van der Waals surface area contributed by atoms with E-state index in [1.54, 1.807) is 0 Å². The van der Waals surface area contributed by atoms with Gasteiger partial charge in [0.05, 0.1) is 17.6 Å². The van der Waals surface area contributed by atoms with Crippen molar-refractivity contribution in [1.82, 2.24) is 9.97 Å². The number of thioether (sulfide) groups is 1. The second-order valence-electron chi connectivity index (χ2n) is 3.96. The number of imidazole rings is 1. The van der Waals surface area contributed by atoms with Crippen molar-refractivity contribution in [2.75, 3.05) is 13.7 Å². The van der Waals surface area contributed by atoms with Crippen LogP contribution in [-0.2, 0) is 9.53 Å². The predicted molar refractivity (Wildman–Crippen MR) is 70.0 cm³/mol. The first-order valence-corrected chi connectivity index (χ1v) is 6.33. The van der Waals surface area contributed by atoms with Crippen LogP contribution in [0.5, 0.6) is 0 Å². The van der Waals surface area contributed by atoms with Crippen molar-refractivity contribution >= 4 is 28.8 Å². The molecule has 1 aromatic carbocycles. The molecule has 1 heterocycles. The SMILES string of the molecule is COCC(Sc1nc2ccc(C)cc2[nH]1)C(=O)O. The molecule has 0 spiro atoms. The summed E-state index contributed by atoms with van der Waals surface area (Å²) in [6.45, 7) is 2.15. The van der Waals surface area contributed by atoms with Crippen LogP contribution in [0, 0.1) is 6.92 Å². The Balaban J connectivity index is 2.22. The zero-order valence-corrected chi connectivity index (χ0v) is 11.0. The molecule has 2 aromatic rings. The van der Waals surface area contributed by atoms with E-state index < -0.39 is 11.2 Å². The third-order valence-corrected chi connectivity index (χ3v) is 3.50. The summed E-state index contributed by atoms with van der Waals surface area (Å²) in [5.74, 6) is -0.904. The Morgan fingerprint density at radius 3 is 3.06 bits per heavy atom. The number of carboxylic acids is 1. The van der Waals surface area contributed by atoms with Crippen molar-refractivity contribution in [2.24, 2.45) is 0 Å². The van der Waals surface area contributed by atoms with Gasteiger partial charge in [0.2, 0.25) is 0 Å². The number of nitrogens with one attached hydrogen (secondary N) is 1. The maximum atomic E-state index is 11.0. The van der Waals surface area contributed by atoms with Crippen molar-refractivity contribution in [3.8, 4) is 0 Å². The molecule has 0 aliphatic heterocycles. The Labute approximate surface area is 109 Å². The number of carbonyl (C=O) groups is 1. The minimum Gasteiger partial charge on any atom is -0.480 e. The molecule has 0 aliphatic rings.